The van der Waals surface area contributed by atoms with E-state index in [1.165, 1.54) is 7.11 Å². The number of esters is 1. The number of carbonyl (C=O) groups excluding carboxylic acids is 2. The van der Waals surface area contributed by atoms with Crippen molar-refractivity contribution in [3.8, 4) is 11.1 Å². The van der Waals surface area contributed by atoms with Gasteiger partial charge in [-0.25, -0.2) is 4.79 Å². The Morgan fingerprint density at radius 3 is 2.25 bits per heavy atom. The molecule has 0 aliphatic rings. The monoisotopic (exact) mass is 393 g/mol. The highest BCUT2D eigenvalue weighted by Gasteiger charge is 2.22. The van der Waals surface area contributed by atoms with Crippen LogP contribution >= 0.6 is 11.6 Å². The van der Waals surface area contributed by atoms with Gasteiger partial charge in [0.05, 0.1) is 7.11 Å². The number of benzene rings is 3. The van der Waals surface area contributed by atoms with E-state index < -0.39 is 12.0 Å². The number of rotatable bonds is 6. The summed E-state index contributed by atoms with van der Waals surface area (Å²) < 4.78 is 4.84. The van der Waals surface area contributed by atoms with Crippen molar-refractivity contribution in [1.29, 1.82) is 0 Å². The van der Waals surface area contributed by atoms with E-state index in [9.17, 15) is 9.59 Å². The lowest BCUT2D eigenvalue weighted by Gasteiger charge is -2.17. The van der Waals surface area contributed by atoms with Crippen LogP contribution in [0.3, 0.4) is 0 Å². The van der Waals surface area contributed by atoms with Crippen LogP contribution in [0, 0.1) is 0 Å². The largest absolute Gasteiger partial charge is 0.467 e. The average Bonchev–Trinajstić information content (AvgIpc) is 2.73. The zero-order valence-electron chi connectivity index (χ0n) is 15.4. The molecule has 28 heavy (non-hydrogen) atoms. The number of hydrogen-bond donors (Lipinski definition) is 1. The van der Waals surface area contributed by atoms with Crippen LogP contribution in [0.15, 0.2) is 78.9 Å². The Balaban J connectivity index is 1.73. The van der Waals surface area contributed by atoms with Gasteiger partial charge in [0.15, 0.2) is 0 Å². The van der Waals surface area contributed by atoms with Crippen molar-refractivity contribution in [3.63, 3.8) is 0 Å². The van der Waals surface area contributed by atoms with Crippen LogP contribution in [0.2, 0.25) is 5.02 Å². The SMILES string of the molecule is COC(=O)[C@@H](Cc1cccc(Cl)c1)NC(=O)c1ccc(-c2ccccc2)cc1. The fraction of sp³-hybridized carbons (Fsp3) is 0.130. The van der Waals surface area contributed by atoms with E-state index in [1.54, 1.807) is 30.3 Å². The van der Waals surface area contributed by atoms with Crippen LogP contribution in [0.5, 0.6) is 0 Å². The number of hydrogen-bond acceptors (Lipinski definition) is 3. The lowest BCUT2D eigenvalue weighted by Crippen LogP contribution is -2.43. The van der Waals surface area contributed by atoms with Crippen molar-refractivity contribution in [1.82, 2.24) is 5.32 Å². The van der Waals surface area contributed by atoms with Crippen molar-refractivity contribution in [2.24, 2.45) is 0 Å². The topological polar surface area (TPSA) is 55.4 Å². The molecule has 4 nitrogen and oxygen atoms in total. The van der Waals surface area contributed by atoms with E-state index in [1.807, 2.05) is 48.5 Å². The normalized spacial score (nSPS) is 11.5. The third-order valence-electron chi connectivity index (χ3n) is 4.37. The molecule has 5 heteroatoms. The maximum atomic E-state index is 12.6. The summed E-state index contributed by atoms with van der Waals surface area (Å²) in [6.45, 7) is 0. The number of amides is 1. The molecule has 0 aromatic heterocycles. The van der Waals surface area contributed by atoms with E-state index in [0.717, 1.165) is 16.7 Å². The predicted molar refractivity (Wildman–Crippen MR) is 110 cm³/mol. The predicted octanol–water partition coefficient (Wildman–Crippen LogP) is 4.52. The molecular weight excluding hydrogens is 374 g/mol. The molecule has 1 atom stereocenters. The highest BCUT2D eigenvalue weighted by atomic mass is 35.5. The fourth-order valence-electron chi connectivity index (χ4n) is 2.92. The summed E-state index contributed by atoms with van der Waals surface area (Å²) in [4.78, 5) is 24.8. The maximum Gasteiger partial charge on any atom is 0.328 e. The first kappa shape index (κ1) is 19.6. The summed E-state index contributed by atoms with van der Waals surface area (Å²) >= 11 is 6.01. The number of ether oxygens (including phenoxy) is 1. The second kappa shape index (κ2) is 9.20. The molecule has 1 N–H and O–H groups in total. The molecule has 1 amide bonds. The van der Waals surface area contributed by atoms with Gasteiger partial charge < -0.3 is 10.1 Å². The third-order valence-corrected chi connectivity index (χ3v) is 4.61. The zero-order valence-corrected chi connectivity index (χ0v) is 16.1. The standard InChI is InChI=1S/C23H20ClNO3/c1-28-23(27)21(15-16-6-5-9-20(24)14-16)25-22(26)19-12-10-18(11-13-19)17-7-3-2-4-8-17/h2-14,21H,15H2,1H3,(H,25,26)/t21-/m1/s1. The van der Waals surface area contributed by atoms with Gasteiger partial charge >= 0.3 is 5.97 Å². The molecule has 0 unspecified atom stereocenters. The van der Waals surface area contributed by atoms with Gasteiger partial charge in [-0.05, 0) is 41.0 Å². The van der Waals surface area contributed by atoms with Gasteiger partial charge in [-0.2, -0.15) is 0 Å². The summed E-state index contributed by atoms with van der Waals surface area (Å²) in [6.07, 6.45) is 0.293. The average molecular weight is 394 g/mol. The van der Waals surface area contributed by atoms with E-state index in [2.05, 4.69) is 5.32 Å². The molecule has 0 aliphatic heterocycles. The summed E-state index contributed by atoms with van der Waals surface area (Å²) in [7, 11) is 1.30. The van der Waals surface area contributed by atoms with Crippen molar-refractivity contribution < 1.29 is 14.3 Å². The molecular formula is C23H20ClNO3. The van der Waals surface area contributed by atoms with Gasteiger partial charge in [0, 0.05) is 17.0 Å². The molecule has 0 spiro atoms. The Labute approximate surface area is 169 Å². The first-order valence-corrected chi connectivity index (χ1v) is 9.23. The summed E-state index contributed by atoms with van der Waals surface area (Å²) in [5, 5.41) is 3.33. The number of nitrogens with one attached hydrogen (secondary N) is 1. The van der Waals surface area contributed by atoms with Crippen molar-refractivity contribution in [2.75, 3.05) is 7.11 Å². The highest BCUT2D eigenvalue weighted by Crippen LogP contribution is 2.19. The Bertz CT molecular complexity index is 955. The molecule has 0 aliphatic carbocycles. The first-order valence-electron chi connectivity index (χ1n) is 8.85. The lowest BCUT2D eigenvalue weighted by molar-refractivity contribution is -0.142. The van der Waals surface area contributed by atoms with Gasteiger partial charge in [-0.1, -0.05) is 66.2 Å². The number of halogens is 1. The number of methoxy groups -OCH3 is 1. The minimum atomic E-state index is -0.801. The van der Waals surface area contributed by atoms with E-state index in [-0.39, 0.29) is 5.91 Å². The Morgan fingerprint density at radius 1 is 0.929 bits per heavy atom. The summed E-state index contributed by atoms with van der Waals surface area (Å²) in [6, 6.07) is 23.5. The Morgan fingerprint density at radius 2 is 1.61 bits per heavy atom. The second-order valence-electron chi connectivity index (χ2n) is 6.33. The van der Waals surface area contributed by atoms with Crippen molar-refractivity contribution in [3.05, 3.63) is 95.0 Å². The minimum Gasteiger partial charge on any atom is -0.467 e. The van der Waals surface area contributed by atoms with Gasteiger partial charge in [0.1, 0.15) is 6.04 Å². The Kier molecular flexibility index (Phi) is 6.45. The van der Waals surface area contributed by atoms with E-state index >= 15 is 0 Å². The number of carbonyl (C=O) groups is 2. The lowest BCUT2D eigenvalue weighted by atomic mass is 10.0. The van der Waals surface area contributed by atoms with Gasteiger partial charge in [0.2, 0.25) is 0 Å². The fourth-order valence-corrected chi connectivity index (χ4v) is 3.13. The van der Waals surface area contributed by atoms with Crippen molar-refractivity contribution >= 4 is 23.5 Å². The molecule has 142 valence electrons. The minimum absolute atomic E-state index is 0.293. The molecule has 0 bridgehead atoms. The quantitative estimate of drug-likeness (QED) is 0.626. The molecule has 0 fully saturated rings. The Hall–Kier alpha value is -3.11. The summed E-state index contributed by atoms with van der Waals surface area (Å²) in [5.41, 5.74) is 3.39. The van der Waals surface area contributed by atoms with Gasteiger partial charge in [0.25, 0.3) is 5.91 Å². The zero-order chi connectivity index (χ0) is 19.9. The maximum absolute atomic E-state index is 12.6. The van der Waals surface area contributed by atoms with Crippen LogP contribution in [0.25, 0.3) is 11.1 Å². The van der Waals surface area contributed by atoms with Crippen molar-refractivity contribution in [2.45, 2.75) is 12.5 Å². The van der Waals surface area contributed by atoms with Crippen LogP contribution in [-0.2, 0) is 16.0 Å². The summed E-state index contributed by atoms with van der Waals surface area (Å²) in [5.74, 6) is -0.841. The van der Waals surface area contributed by atoms with E-state index in [4.69, 9.17) is 16.3 Å². The van der Waals surface area contributed by atoms with Crippen LogP contribution in [-0.4, -0.2) is 25.0 Å². The molecule has 3 rings (SSSR count). The second-order valence-corrected chi connectivity index (χ2v) is 6.76. The van der Waals surface area contributed by atoms with E-state index in [0.29, 0.717) is 17.0 Å². The van der Waals surface area contributed by atoms with Gasteiger partial charge in [-0.3, -0.25) is 4.79 Å². The molecule has 3 aromatic rings. The highest BCUT2D eigenvalue weighted by molar-refractivity contribution is 6.30. The van der Waals surface area contributed by atoms with Crippen LogP contribution in [0.1, 0.15) is 15.9 Å². The molecule has 0 radical (unpaired) electrons. The van der Waals surface area contributed by atoms with Crippen LogP contribution < -0.4 is 5.32 Å². The van der Waals surface area contributed by atoms with Crippen LogP contribution in [0.4, 0.5) is 0 Å². The molecule has 3 aromatic carbocycles. The third kappa shape index (κ3) is 4.99. The molecule has 0 heterocycles. The molecule has 0 saturated heterocycles. The van der Waals surface area contributed by atoms with Gasteiger partial charge in [-0.15, -0.1) is 0 Å². The first-order chi connectivity index (χ1) is 13.6. The smallest absolute Gasteiger partial charge is 0.328 e. The molecule has 0 saturated carbocycles.